The first kappa shape index (κ1) is 35.6. The van der Waals surface area contributed by atoms with Crippen LogP contribution in [0.25, 0.3) is 21.5 Å². The minimum absolute atomic E-state index is 0.0979. The number of aliphatic imine (C=N–C) groups is 4. The molecule has 4 aromatic carbocycles. The molecule has 15 nitrogen and oxygen atoms in total. The topological polar surface area (TPSA) is 183 Å². The number of aryl methyl sites for hydroxylation is 4. The third kappa shape index (κ3) is 5.32. The number of benzene rings is 4. The molecule has 2 aromatic heterocycles. The molecule has 1 N–H and O–H groups in total. The van der Waals surface area contributed by atoms with Crippen LogP contribution in [0.15, 0.2) is 103 Å². The molecule has 0 radical (unpaired) electrons. The summed E-state index contributed by atoms with van der Waals surface area (Å²) in [5.74, 6) is 0.732. The molecular weight excluding hydrogens is 783 g/mol. The first-order valence-corrected chi connectivity index (χ1v) is 22.8. The van der Waals surface area contributed by atoms with Gasteiger partial charge < -0.3 is 0 Å². The maximum absolute atomic E-state index is 14.3. The average Bonchev–Trinajstić information content (AvgIpc) is 3.86. The Bertz CT molecular complexity index is 3330. The van der Waals surface area contributed by atoms with Gasteiger partial charge in [0, 0.05) is 50.8 Å². The van der Waals surface area contributed by atoms with Crippen LogP contribution in [0.4, 0.5) is 11.6 Å². The zero-order valence-corrected chi connectivity index (χ0v) is 34.1. The van der Waals surface area contributed by atoms with E-state index in [-0.39, 0.29) is 46.0 Å². The maximum atomic E-state index is 14.3. The van der Waals surface area contributed by atoms with E-state index >= 15 is 0 Å². The molecule has 0 amide bonds. The van der Waals surface area contributed by atoms with Crippen LogP contribution >= 0.6 is 0 Å². The summed E-state index contributed by atoms with van der Waals surface area (Å²) in [5.41, 5.74) is 6.47. The van der Waals surface area contributed by atoms with Gasteiger partial charge >= 0.3 is 19.2 Å². The highest BCUT2D eigenvalue weighted by Gasteiger charge is 2.59. The van der Waals surface area contributed by atoms with E-state index in [9.17, 15) is 16.8 Å². The molecule has 4 aliphatic rings. The Morgan fingerprint density at radius 1 is 0.544 bits per heavy atom. The van der Waals surface area contributed by atoms with Crippen molar-refractivity contribution in [3.05, 3.63) is 128 Å². The van der Waals surface area contributed by atoms with Crippen molar-refractivity contribution in [1.82, 2.24) is 13.2 Å². The van der Waals surface area contributed by atoms with Gasteiger partial charge in [0.2, 0.25) is 0 Å². The number of hydrogen-bond acceptors (Lipinski definition) is 12. The lowest BCUT2D eigenvalue weighted by Crippen LogP contribution is -2.66. The second kappa shape index (κ2) is 12.1. The molecule has 1 unspecified atom stereocenters. The fraction of sp³-hybridized carbons (Fsp3) is 0.179. The second-order valence-corrected chi connectivity index (χ2v) is 20.7. The summed E-state index contributed by atoms with van der Waals surface area (Å²) in [4.78, 5) is 30.8. The van der Waals surface area contributed by atoms with Crippen LogP contribution in [0.5, 0.6) is 0 Å². The zero-order valence-electron chi connectivity index (χ0n) is 31.5. The summed E-state index contributed by atoms with van der Waals surface area (Å²) in [7, 11) is -13.8. The summed E-state index contributed by atoms with van der Waals surface area (Å²) in [6, 6.07) is 22.8. The van der Waals surface area contributed by atoms with Crippen molar-refractivity contribution in [3.63, 3.8) is 0 Å². The summed E-state index contributed by atoms with van der Waals surface area (Å²) < 4.78 is 74.7. The predicted octanol–water partition coefficient (Wildman–Crippen LogP) is 4.45. The molecule has 0 aliphatic carbocycles. The third-order valence-electron chi connectivity index (χ3n) is 10.4. The van der Waals surface area contributed by atoms with Gasteiger partial charge in [0.15, 0.2) is 23.3 Å². The zero-order chi connectivity index (χ0) is 39.8. The van der Waals surface area contributed by atoms with Crippen molar-refractivity contribution in [1.29, 1.82) is 0 Å². The Balaban J connectivity index is 1.58. The number of aromatic nitrogens is 2. The van der Waals surface area contributed by atoms with Gasteiger partial charge in [-0.1, -0.05) is 70.8 Å². The predicted molar refractivity (Wildman–Crippen MR) is 220 cm³/mol. The van der Waals surface area contributed by atoms with Crippen molar-refractivity contribution in [2.45, 2.75) is 34.6 Å². The first-order valence-electron chi connectivity index (χ1n) is 18.1. The Labute approximate surface area is 328 Å². The molecule has 1 atom stereocenters. The van der Waals surface area contributed by atoms with Gasteiger partial charge in [-0.15, -0.1) is 0 Å². The highest BCUT2D eigenvalue weighted by molar-refractivity contribution is 7.88. The van der Waals surface area contributed by atoms with Crippen molar-refractivity contribution < 1.29 is 24.6 Å². The van der Waals surface area contributed by atoms with Crippen molar-refractivity contribution in [2.75, 3.05) is 12.8 Å². The smallest absolute Gasteiger partial charge is 0.271 e. The number of amidine groups is 4. The standard InChI is InChI=1S/C39H33N9O6S2Si/c1-7-55(49,50)53-57(54-56(51,52)40-6)47-36-26-14-10-22(4)18-30(26)39(47)44-33-25-13-9-21(3)17-29(25)35(42-33)46-37-27-15-11-23(5)19-31(27)38(48(37)57)43-32-24-12-8-20(2)16-28(24)34(41-32)45-36/h8-19,40H,7H2,1-6H3. The average molecular weight is 816 g/mol. The Morgan fingerprint density at radius 2 is 1.02 bits per heavy atom. The Hall–Kier alpha value is -5.76. The number of rotatable bonds is 6. The lowest BCUT2D eigenvalue weighted by atomic mass is 10.0. The van der Waals surface area contributed by atoms with Crippen molar-refractivity contribution >= 4 is 85.8 Å². The normalized spacial score (nSPS) is 17.9. The fourth-order valence-electron chi connectivity index (χ4n) is 7.67. The molecule has 0 spiro atoms. The van der Waals surface area contributed by atoms with Crippen LogP contribution in [-0.2, 0) is 28.2 Å². The highest BCUT2D eigenvalue weighted by Crippen LogP contribution is 2.44. The molecular formula is C39H33N9O6S2Si. The van der Waals surface area contributed by atoms with E-state index in [2.05, 4.69) is 4.72 Å². The summed E-state index contributed by atoms with van der Waals surface area (Å²) in [6.07, 6.45) is 0. The molecule has 6 bridgehead atoms. The maximum Gasteiger partial charge on any atom is 0.633 e. The van der Waals surface area contributed by atoms with Crippen LogP contribution in [0.1, 0.15) is 51.4 Å². The second-order valence-electron chi connectivity index (χ2n) is 14.3. The van der Waals surface area contributed by atoms with E-state index in [1.54, 1.807) is 0 Å². The van der Waals surface area contributed by atoms with E-state index in [1.165, 1.54) is 22.4 Å². The van der Waals surface area contributed by atoms with E-state index in [0.717, 1.165) is 22.3 Å². The van der Waals surface area contributed by atoms with E-state index in [4.69, 9.17) is 37.7 Å². The van der Waals surface area contributed by atoms with Gasteiger partial charge in [-0.25, -0.2) is 46.1 Å². The number of nitrogens with zero attached hydrogens (tertiary/aromatic N) is 8. The quantitative estimate of drug-likeness (QED) is 0.242. The monoisotopic (exact) mass is 815 g/mol. The summed E-state index contributed by atoms with van der Waals surface area (Å²) >= 11 is 0. The van der Waals surface area contributed by atoms with E-state index < -0.39 is 35.1 Å². The molecule has 0 fully saturated rings. The van der Waals surface area contributed by atoms with Gasteiger partial charge in [-0.2, -0.15) is 13.1 Å². The molecule has 4 aliphatic heterocycles. The largest absolute Gasteiger partial charge is 0.633 e. The molecule has 0 saturated carbocycles. The van der Waals surface area contributed by atoms with Crippen LogP contribution in [0, 0.1) is 27.7 Å². The SMILES string of the molecule is CCS(=O)(=O)O[Si]1(OS(=O)(=O)NC)n2c3c4cc(C)ccc4c2N=C2N=C(N=c4c5cc(C)ccc5c(n41)=NC1=NC(=N3)c3ccc(C)cc31)c1ccc(C)cc12. The number of nitrogens with one attached hydrogen (secondary N) is 1. The lowest BCUT2D eigenvalue weighted by molar-refractivity contribution is 0.341. The molecule has 57 heavy (non-hydrogen) atoms. The molecule has 18 heteroatoms. The minimum atomic E-state index is -5.50. The van der Waals surface area contributed by atoms with Crippen LogP contribution in [-0.4, -0.2) is 70.3 Å². The first-order chi connectivity index (χ1) is 27.2. The summed E-state index contributed by atoms with van der Waals surface area (Å²) in [5, 5.41) is 2.02. The van der Waals surface area contributed by atoms with E-state index in [1.807, 2.05) is 100 Å². The van der Waals surface area contributed by atoms with Gasteiger partial charge in [0.05, 0.1) is 5.75 Å². The summed E-state index contributed by atoms with van der Waals surface area (Å²) in [6.45, 7) is 9.13. The van der Waals surface area contributed by atoms with Gasteiger partial charge in [0.1, 0.15) is 22.6 Å². The molecule has 286 valence electrons. The van der Waals surface area contributed by atoms with Crippen molar-refractivity contribution in [3.8, 4) is 0 Å². The third-order valence-corrected chi connectivity index (χ3v) is 17.2. The van der Waals surface area contributed by atoms with E-state index in [0.29, 0.717) is 43.8 Å². The highest BCUT2D eigenvalue weighted by atomic mass is 32.2. The Morgan fingerprint density at radius 3 is 1.61 bits per heavy atom. The molecule has 6 aromatic rings. The van der Waals surface area contributed by atoms with Crippen LogP contribution < -0.4 is 15.7 Å². The molecule has 6 heterocycles. The fourth-order valence-corrected chi connectivity index (χ4v) is 14.4. The Kier molecular flexibility index (Phi) is 7.58. The number of fused-ring (bicyclic) bond motifs is 14. The van der Waals surface area contributed by atoms with Crippen LogP contribution in [0.2, 0.25) is 0 Å². The minimum Gasteiger partial charge on any atom is -0.271 e. The number of hydrogen-bond donors (Lipinski definition) is 1. The molecule has 0 saturated heterocycles. The van der Waals surface area contributed by atoms with Gasteiger partial charge in [-0.3, -0.25) is 8.47 Å². The van der Waals surface area contributed by atoms with Gasteiger partial charge in [-0.05, 0) is 58.9 Å². The van der Waals surface area contributed by atoms with Crippen LogP contribution in [0.3, 0.4) is 0 Å². The van der Waals surface area contributed by atoms with Gasteiger partial charge in [0.25, 0.3) is 10.1 Å². The van der Waals surface area contributed by atoms with Crippen molar-refractivity contribution in [2.24, 2.45) is 30.0 Å². The molecule has 10 rings (SSSR count). The lowest BCUT2D eigenvalue weighted by Gasteiger charge is -2.31.